The molecule has 0 spiro atoms. The first-order valence-corrected chi connectivity index (χ1v) is 6.02. The smallest absolute Gasteiger partial charge is 0.258 e. The van der Waals surface area contributed by atoms with E-state index in [1.807, 2.05) is 6.92 Å². The minimum absolute atomic E-state index is 0.242. The molecule has 0 aliphatic heterocycles. The molecule has 0 saturated heterocycles. The zero-order chi connectivity index (χ0) is 14.5. The van der Waals surface area contributed by atoms with Gasteiger partial charge < -0.3 is 9.47 Å². The highest BCUT2D eigenvalue weighted by Gasteiger charge is 2.13. The van der Waals surface area contributed by atoms with Crippen LogP contribution in [0.3, 0.4) is 0 Å². The maximum atomic E-state index is 13.3. The van der Waals surface area contributed by atoms with Gasteiger partial charge >= 0.3 is 0 Å². The number of aromatic nitrogens is 1. The summed E-state index contributed by atoms with van der Waals surface area (Å²) in [4.78, 5) is 3.07. The van der Waals surface area contributed by atoms with Gasteiger partial charge in [-0.25, -0.2) is 8.78 Å². The third-order valence-corrected chi connectivity index (χ3v) is 2.37. The molecule has 1 aromatic carbocycles. The fourth-order valence-electron chi connectivity index (χ4n) is 1.44. The van der Waals surface area contributed by atoms with Gasteiger partial charge in [-0.1, -0.05) is 6.92 Å². The fourth-order valence-corrected chi connectivity index (χ4v) is 1.44. The summed E-state index contributed by atoms with van der Waals surface area (Å²) < 4.78 is 49.4. The van der Waals surface area contributed by atoms with Gasteiger partial charge in [0, 0.05) is 6.07 Å². The maximum absolute atomic E-state index is 13.3. The van der Waals surface area contributed by atoms with E-state index in [0.29, 0.717) is 18.4 Å². The lowest BCUT2D eigenvalue weighted by molar-refractivity contribution is 0.316. The van der Waals surface area contributed by atoms with Crippen LogP contribution in [0.4, 0.5) is 13.2 Å². The maximum Gasteiger partial charge on any atom is 0.258 e. The van der Waals surface area contributed by atoms with Crippen molar-refractivity contribution in [2.75, 3.05) is 6.61 Å². The molecule has 1 aromatic heterocycles. The summed E-state index contributed by atoms with van der Waals surface area (Å²) in [6, 6.07) is 6.68. The molecule has 0 N–H and O–H groups in total. The van der Waals surface area contributed by atoms with Crippen LogP contribution in [0.15, 0.2) is 30.3 Å². The zero-order valence-electron chi connectivity index (χ0n) is 10.7. The van der Waals surface area contributed by atoms with Crippen molar-refractivity contribution in [3.05, 3.63) is 47.9 Å². The molecule has 6 heteroatoms. The number of halogens is 3. The summed E-state index contributed by atoms with van der Waals surface area (Å²) in [5.41, 5.74) is 0. The number of benzene rings is 1. The van der Waals surface area contributed by atoms with Gasteiger partial charge in [-0.3, -0.25) is 0 Å². The first-order chi connectivity index (χ1) is 9.60. The van der Waals surface area contributed by atoms with Gasteiger partial charge in [0.25, 0.3) is 11.8 Å². The molecular weight excluding hydrogens is 271 g/mol. The predicted octanol–water partition coefficient (Wildman–Crippen LogP) is 4.08. The number of hydrogen-bond acceptors (Lipinski definition) is 3. The highest BCUT2D eigenvalue weighted by Crippen LogP contribution is 2.25. The van der Waals surface area contributed by atoms with E-state index in [0.717, 1.165) is 6.42 Å². The summed E-state index contributed by atoms with van der Waals surface area (Å²) in [5, 5.41) is 0. The Hall–Kier alpha value is -2.24. The molecule has 0 aliphatic carbocycles. The van der Waals surface area contributed by atoms with Gasteiger partial charge in [-0.15, -0.1) is 0 Å². The molecule has 0 amide bonds. The SMILES string of the molecule is CCCOc1ccc(Oc2nc(F)c(F)cc2F)cc1. The Morgan fingerprint density at radius 1 is 1.00 bits per heavy atom. The highest BCUT2D eigenvalue weighted by molar-refractivity contribution is 5.33. The average molecular weight is 283 g/mol. The van der Waals surface area contributed by atoms with Crippen LogP contribution in [0, 0.1) is 17.6 Å². The topological polar surface area (TPSA) is 31.4 Å². The minimum Gasteiger partial charge on any atom is -0.494 e. The van der Waals surface area contributed by atoms with Crippen molar-refractivity contribution in [1.82, 2.24) is 4.98 Å². The normalized spacial score (nSPS) is 10.4. The third kappa shape index (κ3) is 3.40. The second kappa shape index (κ2) is 6.27. The summed E-state index contributed by atoms with van der Waals surface area (Å²) in [5.74, 6) is -3.59. The molecule has 0 radical (unpaired) electrons. The molecule has 3 nitrogen and oxygen atoms in total. The number of ether oxygens (including phenoxy) is 2. The van der Waals surface area contributed by atoms with E-state index >= 15 is 0 Å². The zero-order valence-corrected chi connectivity index (χ0v) is 10.7. The Balaban J connectivity index is 2.12. The van der Waals surface area contributed by atoms with Crippen LogP contribution in [0.5, 0.6) is 17.4 Å². The van der Waals surface area contributed by atoms with Gasteiger partial charge in [-0.2, -0.15) is 9.37 Å². The van der Waals surface area contributed by atoms with E-state index < -0.39 is 23.5 Å². The predicted molar refractivity (Wildman–Crippen MR) is 66.4 cm³/mol. The first kappa shape index (κ1) is 14.2. The van der Waals surface area contributed by atoms with Crippen LogP contribution in [0.25, 0.3) is 0 Å². The molecule has 20 heavy (non-hydrogen) atoms. The van der Waals surface area contributed by atoms with E-state index in [1.54, 1.807) is 12.1 Å². The molecule has 0 bridgehead atoms. The highest BCUT2D eigenvalue weighted by atomic mass is 19.2. The van der Waals surface area contributed by atoms with Crippen molar-refractivity contribution < 1.29 is 22.6 Å². The minimum atomic E-state index is -1.41. The molecule has 0 saturated carbocycles. The van der Waals surface area contributed by atoms with Gasteiger partial charge in [0.15, 0.2) is 11.6 Å². The number of nitrogens with zero attached hydrogens (tertiary/aromatic N) is 1. The van der Waals surface area contributed by atoms with E-state index in [2.05, 4.69) is 4.98 Å². The molecule has 0 aliphatic rings. The summed E-state index contributed by atoms with van der Waals surface area (Å²) in [6.07, 6.45) is 0.877. The summed E-state index contributed by atoms with van der Waals surface area (Å²) >= 11 is 0. The Kier molecular flexibility index (Phi) is 4.45. The first-order valence-electron chi connectivity index (χ1n) is 6.02. The van der Waals surface area contributed by atoms with E-state index in [4.69, 9.17) is 9.47 Å². The molecule has 0 atom stereocenters. The lowest BCUT2D eigenvalue weighted by Crippen LogP contribution is -1.98. The molecule has 2 aromatic rings. The van der Waals surface area contributed by atoms with Gasteiger partial charge in [0.05, 0.1) is 6.61 Å². The van der Waals surface area contributed by atoms with Gasteiger partial charge in [0.1, 0.15) is 11.5 Å². The molecule has 0 unspecified atom stereocenters. The second-order valence-electron chi connectivity index (χ2n) is 3.97. The Bertz CT molecular complexity index is 588. The van der Waals surface area contributed by atoms with Crippen LogP contribution in [-0.2, 0) is 0 Å². The Morgan fingerprint density at radius 2 is 1.65 bits per heavy atom. The molecule has 2 rings (SSSR count). The second-order valence-corrected chi connectivity index (χ2v) is 3.97. The number of hydrogen-bond donors (Lipinski definition) is 0. The molecule has 1 heterocycles. The lowest BCUT2D eigenvalue weighted by atomic mass is 10.3. The Morgan fingerprint density at radius 3 is 2.30 bits per heavy atom. The summed E-state index contributed by atoms with van der Waals surface area (Å²) in [6.45, 7) is 2.56. The fraction of sp³-hybridized carbons (Fsp3) is 0.214. The van der Waals surface area contributed by atoms with Crippen molar-refractivity contribution in [2.24, 2.45) is 0 Å². The van der Waals surface area contributed by atoms with Crippen molar-refractivity contribution in [2.45, 2.75) is 13.3 Å². The van der Waals surface area contributed by atoms with Crippen molar-refractivity contribution in [1.29, 1.82) is 0 Å². The number of pyridine rings is 1. The van der Waals surface area contributed by atoms with Crippen molar-refractivity contribution >= 4 is 0 Å². The van der Waals surface area contributed by atoms with Crippen molar-refractivity contribution in [3.8, 4) is 17.4 Å². The molecular formula is C14H12F3NO2. The van der Waals surface area contributed by atoms with Crippen LogP contribution in [0.1, 0.15) is 13.3 Å². The van der Waals surface area contributed by atoms with Crippen LogP contribution >= 0.6 is 0 Å². The summed E-state index contributed by atoms with van der Waals surface area (Å²) in [7, 11) is 0. The number of rotatable bonds is 5. The standard InChI is InChI=1S/C14H12F3NO2/c1-2-7-19-9-3-5-10(6-4-9)20-14-12(16)8-11(15)13(17)18-14/h3-6,8H,2,7H2,1H3. The average Bonchev–Trinajstić information content (AvgIpc) is 2.44. The molecule has 0 fully saturated rings. The van der Waals surface area contributed by atoms with Gasteiger partial charge in [-0.05, 0) is 30.7 Å². The lowest BCUT2D eigenvalue weighted by Gasteiger charge is -2.08. The van der Waals surface area contributed by atoms with E-state index in [1.165, 1.54) is 12.1 Å². The Labute approximate surface area is 114 Å². The van der Waals surface area contributed by atoms with Crippen LogP contribution in [-0.4, -0.2) is 11.6 Å². The quantitative estimate of drug-likeness (QED) is 0.775. The van der Waals surface area contributed by atoms with Crippen LogP contribution < -0.4 is 9.47 Å². The van der Waals surface area contributed by atoms with E-state index in [-0.39, 0.29) is 5.75 Å². The van der Waals surface area contributed by atoms with E-state index in [9.17, 15) is 13.2 Å². The van der Waals surface area contributed by atoms with Crippen molar-refractivity contribution in [3.63, 3.8) is 0 Å². The van der Waals surface area contributed by atoms with Crippen LogP contribution in [0.2, 0.25) is 0 Å². The third-order valence-electron chi connectivity index (χ3n) is 2.37. The van der Waals surface area contributed by atoms with Gasteiger partial charge in [0.2, 0.25) is 0 Å². The largest absolute Gasteiger partial charge is 0.494 e. The monoisotopic (exact) mass is 283 g/mol. The molecule has 106 valence electrons.